The maximum atomic E-state index is 13.6. The van der Waals surface area contributed by atoms with Crippen LogP contribution in [0.1, 0.15) is 18.4 Å². The van der Waals surface area contributed by atoms with E-state index in [1.807, 2.05) is 4.90 Å². The van der Waals surface area contributed by atoms with Crippen molar-refractivity contribution >= 4 is 5.69 Å². The van der Waals surface area contributed by atoms with Gasteiger partial charge in [0.05, 0.1) is 11.5 Å². The molecule has 2 rings (SSSR count). The fourth-order valence-electron chi connectivity index (χ4n) is 2.66. The van der Waals surface area contributed by atoms with Crippen LogP contribution in [0.15, 0.2) is 18.2 Å². The lowest BCUT2D eigenvalue weighted by molar-refractivity contribution is -0.387. The Bertz CT molecular complexity index is 492. The topological polar surface area (TPSA) is 78.6 Å². The molecule has 0 radical (unpaired) electrons. The number of nitro groups is 1. The van der Waals surface area contributed by atoms with Gasteiger partial charge < -0.3 is 10.4 Å². The monoisotopic (exact) mass is 297 g/mol. The normalized spacial score (nSPS) is 18.3. The minimum Gasteiger partial charge on any atom is -0.395 e. The number of rotatable bonds is 7. The molecule has 0 amide bonds. The Hall–Kier alpha value is -1.57. The van der Waals surface area contributed by atoms with Gasteiger partial charge in [0.1, 0.15) is 0 Å². The highest BCUT2D eigenvalue weighted by Crippen LogP contribution is 2.19. The smallest absolute Gasteiger partial charge is 0.304 e. The van der Waals surface area contributed by atoms with E-state index < -0.39 is 16.4 Å². The number of aliphatic hydroxyl groups is 1. The number of nitrogens with one attached hydrogen (secondary N) is 1. The summed E-state index contributed by atoms with van der Waals surface area (Å²) in [5.74, 6) is -0.819. The van der Waals surface area contributed by atoms with Crippen LogP contribution in [0.3, 0.4) is 0 Å². The summed E-state index contributed by atoms with van der Waals surface area (Å²) in [6.07, 6.45) is 2.24. The van der Waals surface area contributed by atoms with Crippen molar-refractivity contribution in [2.75, 3.05) is 26.2 Å². The van der Waals surface area contributed by atoms with Gasteiger partial charge in [-0.25, -0.2) is 0 Å². The molecule has 7 heteroatoms. The van der Waals surface area contributed by atoms with Gasteiger partial charge in [-0.3, -0.25) is 15.0 Å². The quantitative estimate of drug-likeness (QED) is 0.585. The molecule has 1 aromatic rings. The lowest BCUT2D eigenvalue weighted by Crippen LogP contribution is -2.38. The molecule has 1 unspecified atom stereocenters. The second kappa shape index (κ2) is 7.44. The molecule has 0 saturated carbocycles. The van der Waals surface area contributed by atoms with E-state index >= 15 is 0 Å². The SMILES string of the molecule is O=[N+]([O-])c1ccc(CN(CCO)CC2CCCN2)cc1F. The Kier molecular flexibility index (Phi) is 5.60. The highest BCUT2D eigenvalue weighted by atomic mass is 19.1. The van der Waals surface area contributed by atoms with Gasteiger partial charge in [-0.15, -0.1) is 0 Å². The van der Waals surface area contributed by atoms with Gasteiger partial charge in [0.2, 0.25) is 5.82 Å². The van der Waals surface area contributed by atoms with Gasteiger partial charge in [-0.05, 0) is 31.0 Å². The molecule has 0 spiro atoms. The number of benzene rings is 1. The van der Waals surface area contributed by atoms with Gasteiger partial charge >= 0.3 is 5.69 Å². The molecular weight excluding hydrogens is 277 g/mol. The van der Waals surface area contributed by atoms with Crippen LogP contribution in [0.5, 0.6) is 0 Å². The maximum Gasteiger partial charge on any atom is 0.304 e. The average molecular weight is 297 g/mol. The predicted molar refractivity (Wildman–Crippen MR) is 76.4 cm³/mol. The van der Waals surface area contributed by atoms with Gasteiger partial charge in [0.25, 0.3) is 0 Å². The second-order valence-electron chi connectivity index (χ2n) is 5.29. The standard InChI is InChI=1S/C14H20FN3O3/c15-13-8-11(3-4-14(13)18(20)21)9-17(6-7-19)10-12-2-1-5-16-12/h3-4,8,12,16,19H,1-2,5-7,9-10H2. The molecular formula is C14H20FN3O3. The van der Waals surface area contributed by atoms with Crippen LogP contribution < -0.4 is 5.32 Å². The third kappa shape index (κ3) is 4.45. The lowest BCUT2D eigenvalue weighted by Gasteiger charge is -2.25. The zero-order valence-corrected chi connectivity index (χ0v) is 11.8. The molecule has 1 aromatic carbocycles. The predicted octanol–water partition coefficient (Wildman–Crippen LogP) is 1.28. The van der Waals surface area contributed by atoms with Crippen molar-refractivity contribution in [3.63, 3.8) is 0 Å². The molecule has 1 heterocycles. The van der Waals surface area contributed by atoms with Gasteiger partial charge in [0.15, 0.2) is 0 Å². The number of nitrogens with zero attached hydrogens (tertiary/aromatic N) is 2. The van der Waals surface area contributed by atoms with Crippen molar-refractivity contribution < 1.29 is 14.4 Å². The molecule has 1 atom stereocenters. The summed E-state index contributed by atoms with van der Waals surface area (Å²) in [5, 5.41) is 23.1. The maximum absolute atomic E-state index is 13.6. The highest BCUT2D eigenvalue weighted by Gasteiger charge is 2.19. The number of hydrogen-bond acceptors (Lipinski definition) is 5. The number of hydrogen-bond donors (Lipinski definition) is 2. The fraction of sp³-hybridized carbons (Fsp3) is 0.571. The first kappa shape index (κ1) is 15.8. The van der Waals surface area contributed by atoms with E-state index in [1.54, 1.807) is 6.07 Å². The number of nitro benzene ring substituents is 1. The Morgan fingerprint density at radius 1 is 1.52 bits per heavy atom. The summed E-state index contributed by atoms with van der Waals surface area (Å²) in [4.78, 5) is 11.9. The molecule has 21 heavy (non-hydrogen) atoms. The molecule has 0 aliphatic carbocycles. The molecule has 0 aromatic heterocycles. The van der Waals surface area contributed by atoms with Crippen molar-refractivity contribution in [3.05, 3.63) is 39.7 Å². The van der Waals surface area contributed by atoms with E-state index in [1.165, 1.54) is 12.1 Å². The molecule has 6 nitrogen and oxygen atoms in total. The average Bonchev–Trinajstić information content (AvgIpc) is 2.91. The van der Waals surface area contributed by atoms with Crippen LogP contribution in [-0.4, -0.2) is 47.2 Å². The summed E-state index contributed by atoms with van der Waals surface area (Å²) in [6, 6.07) is 4.34. The van der Waals surface area contributed by atoms with Crippen LogP contribution >= 0.6 is 0 Å². The van der Waals surface area contributed by atoms with Crippen LogP contribution in [0, 0.1) is 15.9 Å². The Morgan fingerprint density at radius 2 is 2.33 bits per heavy atom. The molecule has 0 bridgehead atoms. The number of halogens is 1. The summed E-state index contributed by atoms with van der Waals surface area (Å²) in [5.41, 5.74) is 0.162. The van der Waals surface area contributed by atoms with E-state index in [4.69, 9.17) is 5.11 Å². The minimum atomic E-state index is -0.819. The Labute approximate surface area is 122 Å². The van der Waals surface area contributed by atoms with Crippen LogP contribution in [0.2, 0.25) is 0 Å². The van der Waals surface area contributed by atoms with E-state index in [9.17, 15) is 14.5 Å². The Morgan fingerprint density at radius 3 is 2.90 bits per heavy atom. The molecule has 1 fully saturated rings. The zero-order valence-electron chi connectivity index (χ0n) is 11.8. The van der Waals surface area contributed by atoms with E-state index in [0.717, 1.165) is 25.9 Å². The van der Waals surface area contributed by atoms with Crippen LogP contribution in [-0.2, 0) is 6.54 Å². The lowest BCUT2D eigenvalue weighted by atomic mass is 10.1. The fourth-order valence-corrected chi connectivity index (χ4v) is 2.66. The van der Waals surface area contributed by atoms with Crippen molar-refractivity contribution in [1.82, 2.24) is 10.2 Å². The Balaban J connectivity index is 2.01. The van der Waals surface area contributed by atoms with E-state index in [0.29, 0.717) is 24.7 Å². The molecule has 1 aliphatic heterocycles. The summed E-state index contributed by atoms with van der Waals surface area (Å²) >= 11 is 0. The zero-order chi connectivity index (χ0) is 15.2. The largest absolute Gasteiger partial charge is 0.395 e. The van der Waals surface area contributed by atoms with Crippen molar-refractivity contribution in [1.29, 1.82) is 0 Å². The molecule has 2 N–H and O–H groups in total. The van der Waals surface area contributed by atoms with Crippen molar-refractivity contribution in [2.24, 2.45) is 0 Å². The highest BCUT2D eigenvalue weighted by molar-refractivity contribution is 5.34. The van der Waals surface area contributed by atoms with E-state index in [-0.39, 0.29) is 6.61 Å². The third-order valence-electron chi connectivity index (χ3n) is 3.67. The first-order valence-electron chi connectivity index (χ1n) is 7.09. The van der Waals surface area contributed by atoms with Gasteiger partial charge in [0, 0.05) is 31.7 Å². The van der Waals surface area contributed by atoms with Crippen LogP contribution in [0.25, 0.3) is 0 Å². The summed E-state index contributed by atoms with van der Waals surface area (Å²) in [7, 11) is 0. The summed E-state index contributed by atoms with van der Waals surface area (Å²) < 4.78 is 13.6. The van der Waals surface area contributed by atoms with E-state index in [2.05, 4.69) is 5.32 Å². The summed E-state index contributed by atoms with van der Waals surface area (Å²) in [6.45, 7) is 2.77. The van der Waals surface area contributed by atoms with Crippen molar-refractivity contribution in [3.8, 4) is 0 Å². The molecule has 116 valence electrons. The van der Waals surface area contributed by atoms with Crippen molar-refractivity contribution in [2.45, 2.75) is 25.4 Å². The first-order chi connectivity index (χ1) is 10.1. The van der Waals surface area contributed by atoms with Crippen LogP contribution in [0.4, 0.5) is 10.1 Å². The minimum absolute atomic E-state index is 0.0299. The van der Waals surface area contributed by atoms with Gasteiger partial charge in [-0.2, -0.15) is 4.39 Å². The van der Waals surface area contributed by atoms with Gasteiger partial charge in [-0.1, -0.05) is 6.07 Å². The number of aliphatic hydroxyl groups excluding tert-OH is 1. The second-order valence-corrected chi connectivity index (χ2v) is 5.29. The third-order valence-corrected chi connectivity index (χ3v) is 3.67. The molecule has 1 saturated heterocycles. The molecule has 1 aliphatic rings. The first-order valence-corrected chi connectivity index (χ1v) is 7.09.